The van der Waals surface area contributed by atoms with Crippen molar-refractivity contribution in [2.45, 2.75) is 38.1 Å². The predicted octanol–water partition coefficient (Wildman–Crippen LogP) is 2.89. The topological polar surface area (TPSA) is 32.3 Å². The zero-order valence-corrected chi connectivity index (χ0v) is 15.2. The van der Waals surface area contributed by atoms with Crippen molar-refractivity contribution in [1.29, 1.82) is 0 Å². The maximum Gasteiger partial charge on any atom is 0.127 e. The third kappa shape index (κ3) is 3.91. The van der Waals surface area contributed by atoms with Gasteiger partial charge in [-0.25, -0.2) is 9.97 Å². The van der Waals surface area contributed by atoms with Gasteiger partial charge in [0.05, 0.1) is 0 Å². The lowest BCUT2D eigenvalue weighted by atomic mass is 9.95. The molecule has 2 fully saturated rings. The Kier molecular flexibility index (Phi) is 4.82. The van der Waals surface area contributed by atoms with Crippen molar-refractivity contribution >= 4 is 0 Å². The molecule has 0 N–H and O–H groups in total. The molecule has 1 saturated carbocycles. The molecule has 4 heteroatoms. The highest BCUT2D eigenvalue weighted by Crippen LogP contribution is 2.48. The molecule has 0 amide bonds. The number of rotatable bonds is 6. The summed E-state index contributed by atoms with van der Waals surface area (Å²) in [5, 5.41) is 0. The molecule has 0 unspecified atom stereocenters. The van der Waals surface area contributed by atoms with Gasteiger partial charge in [-0.05, 0) is 18.4 Å². The van der Waals surface area contributed by atoms with Crippen LogP contribution in [-0.2, 0) is 18.4 Å². The summed E-state index contributed by atoms with van der Waals surface area (Å²) >= 11 is 0. The van der Waals surface area contributed by atoms with Crippen LogP contribution in [0.15, 0.2) is 42.7 Å². The number of hydrogen-bond acceptors (Lipinski definition) is 4. The maximum atomic E-state index is 4.42. The van der Waals surface area contributed by atoms with Crippen molar-refractivity contribution in [3.05, 3.63) is 59.7 Å². The Hall–Kier alpha value is -1.78. The average molecular weight is 336 g/mol. The second-order valence-corrected chi connectivity index (χ2v) is 7.56. The molecular weight excluding hydrogens is 308 g/mol. The molecule has 132 valence electrons. The summed E-state index contributed by atoms with van der Waals surface area (Å²) in [5.74, 6) is 0.934. The second kappa shape index (κ2) is 7.22. The molecule has 0 atom stereocenters. The molecule has 2 aliphatic rings. The zero-order chi connectivity index (χ0) is 17.1. The summed E-state index contributed by atoms with van der Waals surface area (Å²) in [6.45, 7) is 8.91. The van der Waals surface area contributed by atoms with E-state index in [-0.39, 0.29) is 0 Å². The van der Waals surface area contributed by atoms with Crippen molar-refractivity contribution < 1.29 is 0 Å². The van der Waals surface area contributed by atoms with Gasteiger partial charge in [0.15, 0.2) is 0 Å². The first-order valence-corrected chi connectivity index (χ1v) is 9.57. The van der Waals surface area contributed by atoms with Crippen LogP contribution in [-0.4, -0.2) is 52.5 Å². The van der Waals surface area contributed by atoms with Crippen molar-refractivity contribution in [3.8, 4) is 0 Å². The molecule has 0 spiro atoms. The quantitative estimate of drug-likeness (QED) is 0.812. The number of aromatic nitrogens is 2. The molecule has 1 aliphatic carbocycles. The molecular formula is C21H28N4. The van der Waals surface area contributed by atoms with Crippen LogP contribution in [0.3, 0.4) is 0 Å². The lowest BCUT2D eigenvalue weighted by molar-refractivity contribution is 0.119. The van der Waals surface area contributed by atoms with Crippen LogP contribution in [0.1, 0.15) is 36.7 Å². The Morgan fingerprint density at radius 2 is 1.56 bits per heavy atom. The fourth-order valence-electron chi connectivity index (χ4n) is 3.92. The Balaban J connectivity index is 1.28. The average Bonchev–Trinajstić information content (AvgIpc) is 3.45. The van der Waals surface area contributed by atoms with E-state index in [0.717, 1.165) is 31.9 Å². The monoisotopic (exact) mass is 336 g/mol. The number of aryl methyl sites for hydroxylation is 1. The minimum Gasteiger partial charge on any atom is -0.300 e. The molecule has 0 bridgehead atoms. The smallest absolute Gasteiger partial charge is 0.127 e. The Morgan fingerprint density at radius 3 is 2.16 bits per heavy atom. The first-order valence-electron chi connectivity index (χ1n) is 9.57. The molecule has 2 heterocycles. The zero-order valence-electron chi connectivity index (χ0n) is 15.2. The predicted molar refractivity (Wildman–Crippen MR) is 100 cm³/mol. The van der Waals surface area contributed by atoms with E-state index in [2.05, 4.69) is 57.0 Å². The van der Waals surface area contributed by atoms with E-state index in [1.165, 1.54) is 43.6 Å². The van der Waals surface area contributed by atoms with Crippen LogP contribution in [0.4, 0.5) is 0 Å². The number of hydrogen-bond donors (Lipinski definition) is 0. The summed E-state index contributed by atoms with van der Waals surface area (Å²) in [7, 11) is 0. The summed E-state index contributed by atoms with van der Waals surface area (Å²) in [6.07, 6.45) is 7.58. The molecule has 4 nitrogen and oxygen atoms in total. The molecule has 25 heavy (non-hydrogen) atoms. The fraction of sp³-hybridized carbons (Fsp3) is 0.524. The lowest BCUT2D eigenvalue weighted by Crippen LogP contribution is -2.48. The van der Waals surface area contributed by atoms with Crippen LogP contribution >= 0.6 is 0 Å². The molecule has 2 aromatic rings. The van der Waals surface area contributed by atoms with E-state index >= 15 is 0 Å². The van der Waals surface area contributed by atoms with Gasteiger partial charge in [-0.15, -0.1) is 0 Å². The van der Waals surface area contributed by atoms with Gasteiger partial charge in [0, 0.05) is 69.1 Å². The maximum absolute atomic E-state index is 4.42. The van der Waals surface area contributed by atoms with Crippen molar-refractivity contribution in [2.24, 2.45) is 0 Å². The van der Waals surface area contributed by atoms with Crippen LogP contribution in [0.2, 0.25) is 0 Å². The molecule has 0 radical (unpaired) electrons. The van der Waals surface area contributed by atoms with Gasteiger partial charge in [-0.1, -0.05) is 37.3 Å². The van der Waals surface area contributed by atoms with Crippen molar-refractivity contribution in [3.63, 3.8) is 0 Å². The van der Waals surface area contributed by atoms with Crippen LogP contribution in [0.5, 0.6) is 0 Å². The summed E-state index contributed by atoms with van der Waals surface area (Å²) in [5.41, 5.74) is 3.20. The standard InChI is InChI=1S/C21H28N4/c1-2-20-22-14-18(15-23-20)16-24-10-12-25(13-11-24)17-21(8-9-21)19-6-4-3-5-7-19/h3-7,14-15H,2,8-13,16-17H2,1H3. The van der Waals surface area contributed by atoms with Gasteiger partial charge in [0.25, 0.3) is 0 Å². The van der Waals surface area contributed by atoms with Crippen molar-refractivity contribution in [1.82, 2.24) is 19.8 Å². The first kappa shape index (κ1) is 16.7. The van der Waals surface area contributed by atoms with E-state index < -0.39 is 0 Å². The number of benzene rings is 1. The summed E-state index contributed by atoms with van der Waals surface area (Å²) < 4.78 is 0. The largest absolute Gasteiger partial charge is 0.300 e. The molecule has 1 aromatic carbocycles. The molecule has 4 rings (SSSR count). The Bertz CT molecular complexity index is 671. The summed E-state index contributed by atoms with van der Waals surface area (Å²) in [4.78, 5) is 14.0. The second-order valence-electron chi connectivity index (χ2n) is 7.56. The summed E-state index contributed by atoms with van der Waals surface area (Å²) in [6, 6.07) is 11.1. The van der Waals surface area contributed by atoms with Crippen LogP contribution in [0, 0.1) is 0 Å². The first-order chi connectivity index (χ1) is 12.3. The lowest BCUT2D eigenvalue weighted by Gasteiger charge is -2.36. The van der Waals surface area contributed by atoms with Crippen molar-refractivity contribution in [2.75, 3.05) is 32.7 Å². The molecule has 1 aromatic heterocycles. The van der Waals surface area contributed by atoms with E-state index in [1.54, 1.807) is 0 Å². The fourth-order valence-corrected chi connectivity index (χ4v) is 3.92. The van der Waals surface area contributed by atoms with Crippen LogP contribution < -0.4 is 0 Å². The van der Waals surface area contributed by atoms with E-state index in [0.29, 0.717) is 5.41 Å². The van der Waals surface area contributed by atoms with Gasteiger partial charge in [-0.2, -0.15) is 0 Å². The van der Waals surface area contributed by atoms with E-state index in [1.807, 2.05) is 12.4 Å². The third-order valence-corrected chi connectivity index (χ3v) is 5.71. The molecule has 1 aliphatic heterocycles. The van der Waals surface area contributed by atoms with E-state index in [4.69, 9.17) is 0 Å². The van der Waals surface area contributed by atoms with Gasteiger partial charge >= 0.3 is 0 Å². The van der Waals surface area contributed by atoms with E-state index in [9.17, 15) is 0 Å². The van der Waals surface area contributed by atoms with Gasteiger partial charge in [-0.3, -0.25) is 9.80 Å². The van der Waals surface area contributed by atoms with Gasteiger partial charge < -0.3 is 0 Å². The van der Waals surface area contributed by atoms with Crippen LogP contribution in [0.25, 0.3) is 0 Å². The highest BCUT2D eigenvalue weighted by molar-refractivity contribution is 5.31. The third-order valence-electron chi connectivity index (χ3n) is 5.71. The minimum absolute atomic E-state index is 0.438. The minimum atomic E-state index is 0.438. The Morgan fingerprint density at radius 1 is 0.920 bits per heavy atom. The highest BCUT2D eigenvalue weighted by Gasteiger charge is 2.45. The van der Waals surface area contributed by atoms with Gasteiger partial charge in [0.1, 0.15) is 5.82 Å². The Labute approximate surface area is 150 Å². The SMILES string of the molecule is CCc1ncc(CN2CCN(CC3(c4ccccc4)CC3)CC2)cn1. The number of nitrogens with zero attached hydrogens (tertiary/aromatic N) is 4. The normalized spacial score (nSPS) is 20.5. The van der Waals surface area contributed by atoms with Gasteiger partial charge in [0.2, 0.25) is 0 Å². The number of piperazine rings is 1. The molecule has 1 saturated heterocycles. The highest BCUT2D eigenvalue weighted by atomic mass is 15.3.